The molecule has 2 nitrogen and oxygen atoms in total. The largest absolute Gasteiger partial charge is 0.389 e. The summed E-state index contributed by atoms with van der Waals surface area (Å²) in [5.74, 6) is 0.814. The molecule has 2 N–H and O–H groups in total. The Kier molecular flexibility index (Phi) is 3.91. The van der Waals surface area contributed by atoms with Crippen LogP contribution in [0.5, 0.6) is 0 Å². The van der Waals surface area contributed by atoms with Crippen LogP contribution in [0.3, 0.4) is 0 Å². The molecule has 3 heteroatoms. The van der Waals surface area contributed by atoms with Gasteiger partial charge in [0, 0.05) is 23.8 Å². The van der Waals surface area contributed by atoms with Crippen LogP contribution in [0.15, 0.2) is 18.2 Å². The molecule has 1 heterocycles. The Morgan fingerprint density at radius 2 is 2.11 bits per heavy atom. The van der Waals surface area contributed by atoms with Gasteiger partial charge in [-0.2, -0.15) is 0 Å². The van der Waals surface area contributed by atoms with E-state index in [9.17, 15) is 0 Å². The van der Waals surface area contributed by atoms with Crippen LogP contribution in [0.4, 0.5) is 5.69 Å². The van der Waals surface area contributed by atoms with Gasteiger partial charge >= 0.3 is 0 Å². The Labute approximate surface area is 115 Å². The highest BCUT2D eigenvalue weighted by molar-refractivity contribution is 7.80. The summed E-state index contributed by atoms with van der Waals surface area (Å²) in [4.78, 5) is 2.96. The first kappa shape index (κ1) is 13.3. The summed E-state index contributed by atoms with van der Waals surface area (Å²) in [5.41, 5.74) is 9.33. The van der Waals surface area contributed by atoms with E-state index in [1.165, 1.54) is 24.1 Å². The lowest BCUT2D eigenvalue weighted by molar-refractivity contribution is 0.378. The van der Waals surface area contributed by atoms with Crippen LogP contribution < -0.4 is 10.6 Å². The maximum absolute atomic E-state index is 5.85. The number of thiocarbonyl (C=S) groups is 1. The molecule has 0 amide bonds. The molecule has 18 heavy (non-hydrogen) atoms. The highest BCUT2D eigenvalue weighted by Gasteiger charge is 2.25. The Hall–Kier alpha value is -1.09. The molecule has 1 saturated heterocycles. The van der Waals surface area contributed by atoms with Gasteiger partial charge in [-0.15, -0.1) is 0 Å². The van der Waals surface area contributed by atoms with Crippen LogP contribution in [0.1, 0.15) is 37.8 Å². The van der Waals surface area contributed by atoms with E-state index >= 15 is 0 Å². The van der Waals surface area contributed by atoms with Crippen molar-refractivity contribution in [1.29, 1.82) is 0 Å². The standard InChI is InChI=1S/C15H22N2S/c1-10-4-5-13(15(16)18)14(9-10)17-7-6-11(2)8-12(17)3/h4-5,9,11-12H,6-8H2,1-3H3,(H2,16,18). The number of hydrogen-bond donors (Lipinski definition) is 1. The van der Waals surface area contributed by atoms with Crippen LogP contribution in [-0.2, 0) is 0 Å². The Bertz CT molecular complexity index is 456. The van der Waals surface area contributed by atoms with Gasteiger partial charge in [-0.05, 0) is 50.3 Å². The van der Waals surface area contributed by atoms with E-state index in [2.05, 4.69) is 43.9 Å². The number of benzene rings is 1. The molecule has 1 aliphatic heterocycles. The highest BCUT2D eigenvalue weighted by atomic mass is 32.1. The number of piperidine rings is 1. The van der Waals surface area contributed by atoms with E-state index in [-0.39, 0.29) is 0 Å². The van der Waals surface area contributed by atoms with Gasteiger partial charge in [-0.3, -0.25) is 0 Å². The fraction of sp³-hybridized carbons (Fsp3) is 0.533. The van der Waals surface area contributed by atoms with Crippen LogP contribution in [0.2, 0.25) is 0 Å². The smallest absolute Gasteiger partial charge is 0.106 e. The second-order valence-corrected chi connectivity index (χ2v) is 6.00. The number of hydrogen-bond acceptors (Lipinski definition) is 2. The second-order valence-electron chi connectivity index (χ2n) is 5.56. The van der Waals surface area contributed by atoms with Crippen LogP contribution in [0.25, 0.3) is 0 Å². The molecule has 0 aromatic heterocycles. The first-order valence-electron chi connectivity index (χ1n) is 6.66. The van der Waals surface area contributed by atoms with Crippen LogP contribution >= 0.6 is 12.2 Å². The summed E-state index contributed by atoms with van der Waals surface area (Å²) in [6.45, 7) is 7.84. The van der Waals surface area contributed by atoms with Crippen molar-refractivity contribution in [3.63, 3.8) is 0 Å². The fourth-order valence-electron chi connectivity index (χ4n) is 2.85. The molecular formula is C15H22N2S. The van der Waals surface area contributed by atoms with E-state index in [1.54, 1.807) is 0 Å². The van der Waals surface area contributed by atoms with Gasteiger partial charge in [0.15, 0.2) is 0 Å². The third-order valence-corrected chi connectivity index (χ3v) is 4.09. The normalized spacial score (nSPS) is 24.1. The van der Waals surface area contributed by atoms with Crippen molar-refractivity contribution < 1.29 is 0 Å². The molecule has 1 fully saturated rings. The molecule has 2 unspecified atom stereocenters. The zero-order valence-electron chi connectivity index (χ0n) is 11.4. The van der Waals surface area contributed by atoms with Gasteiger partial charge in [0.2, 0.25) is 0 Å². The molecule has 1 aromatic rings. The first-order valence-corrected chi connectivity index (χ1v) is 7.07. The van der Waals surface area contributed by atoms with Gasteiger partial charge in [-0.1, -0.05) is 25.2 Å². The maximum Gasteiger partial charge on any atom is 0.106 e. The van der Waals surface area contributed by atoms with Crippen LogP contribution in [0, 0.1) is 12.8 Å². The van der Waals surface area contributed by atoms with Gasteiger partial charge in [0.25, 0.3) is 0 Å². The molecule has 0 bridgehead atoms. The minimum Gasteiger partial charge on any atom is -0.389 e. The Morgan fingerprint density at radius 1 is 1.39 bits per heavy atom. The summed E-state index contributed by atoms with van der Waals surface area (Å²) in [6.07, 6.45) is 2.49. The lowest BCUT2D eigenvalue weighted by atomic mass is 9.92. The molecule has 1 aliphatic rings. The number of aryl methyl sites for hydroxylation is 1. The Balaban J connectivity index is 2.37. The SMILES string of the molecule is Cc1ccc(C(N)=S)c(N2CCC(C)CC2C)c1. The lowest BCUT2D eigenvalue weighted by Crippen LogP contribution is -2.41. The number of rotatable bonds is 2. The third-order valence-electron chi connectivity index (χ3n) is 3.87. The second kappa shape index (κ2) is 5.27. The van der Waals surface area contributed by atoms with E-state index in [0.29, 0.717) is 11.0 Å². The van der Waals surface area contributed by atoms with Gasteiger partial charge in [0.05, 0.1) is 0 Å². The van der Waals surface area contributed by atoms with Crippen molar-refractivity contribution in [3.05, 3.63) is 29.3 Å². The molecule has 2 rings (SSSR count). The Morgan fingerprint density at radius 3 is 2.72 bits per heavy atom. The van der Waals surface area contributed by atoms with Crippen molar-refractivity contribution in [3.8, 4) is 0 Å². The lowest BCUT2D eigenvalue weighted by Gasteiger charge is -2.39. The third kappa shape index (κ3) is 2.66. The summed E-state index contributed by atoms with van der Waals surface area (Å²) in [7, 11) is 0. The molecule has 1 aromatic carbocycles. The maximum atomic E-state index is 5.85. The predicted molar refractivity (Wildman–Crippen MR) is 82.3 cm³/mol. The van der Waals surface area contributed by atoms with Crippen molar-refractivity contribution in [2.75, 3.05) is 11.4 Å². The van der Waals surface area contributed by atoms with E-state index in [0.717, 1.165) is 18.0 Å². The molecule has 0 spiro atoms. The summed E-state index contributed by atoms with van der Waals surface area (Å²) < 4.78 is 0. The van der Waals surface area contributed by atoms with Crippen molar-refractivity contribution >= 4 is 22.9 Å². The van der Waals surface area contributed by atoms with Crippen molar-refractivity contribution in [2.24, 2.45) is 11.7 Å². The average Bonchev–Trinajstić information content (AvgIpc) is 2.28. The topological polar surface area (TPSA) is 29.3 Å². The number of anilines is 1. The molecular weight excluding hydrogens is 240 g/mol. The quantitative estimate of drug-likeness (QED) is 0.830. The van der Waals surface area contributed by atoms with Crippen LogP contribution in [-0.4, -0.2) is 17.6 Å². The van der Waals surface area contributed by atoms with Gasteiger partial charge in [-0.25, -0.2) is 0 Å². The number of nitrogens with two attached hydrogens (primary N) is 1. The summed E-state index contributed by atoms with van der Waals surface area (Å²) >= 11 is 5.18. The molecule has 0 radical (unpaired) electrons. The molecule has 2 atom stereocenters. The minimum absolute atomic E-state index is 0.496. The summed E-state index contributed by atoms with van der Waals surface area (Å²) in [5, 5.41) is 0. The van der Waals surface area contributed by atoms with Gasteiger partial charge < -0.3 is 10.6 Å². The molecule has 0 saturated carbocycles. The zero-order valence-corrected chi connectivity index (χ0v) is 12.3. The fourth-order valence-corrected chi connectivity index (χ4v) is 3.03. The minimum atomic E-state index is 0.496. The summed E-state index contributed by atoms with van der Waals surface area (Å²) in [6, 6.07) is 6.90. The monoisotopic (exact) mass is 262 g/mol. The molecule has 98 valence electrons. The predicted octanol–water partition coefficient (Wildman–Crippen LogP) is 3.25. The van der Waals surface area contributed by atoms with Gasteiger partial charge in [0.1, 0.15) is 4.99 Å². The first-order chi connectivity index (χ1) is 8.49. The van der Waals surface area contributed by atoms with Crippen molar-refractivity contribution in [2.45, 2.75) is 39.7 Å². The van der Waals surface area contributed by atoms with E-state index < -0.39 is 0 Å². The van der Waals surface area contributed by atoms with E-state index in [1.807, 2.05) is 0 Å². The number of nitrogens with zero attached hydrogens (tertiary/aromatic N) is 1. The van der Waals surface area contributed by atoms with E-state index in [4.69, 9.17) is 18.0 Å². The average molecular weight is 262 g/mol. The van der Waals surface area contributed by atoms with Crippen molar-refractivity contribution in [1.82, 2.24) is 0 Å². The highest BCUT2D eigenvalue weighted by Crippen LogP contribution is 2.30. The molecule has 0 aliphatic carbocycles. The zero-order chi connectivity index (χ0) is 13.3.